The lowest BCUT2D eigenvalue weighted by Gasteiger charge is -2.10. The molecule has 0 heterocycles. The van der Waals surface area contributed by atoms with Gasteiger partial charge in [-0.15, -0.1) is 0 Å². The summed E-state index contributed by atoms with van der Waals surface area (Å²) in [4.78, 5) is 23.6. The molecule has 4 N–H and O–H groups in total. The zero-order chi connectivity index (χ0) is 16.1. The number of hydrogen-bond acceptors (Lipinski definition) is 3. The molecule has 0 atom stereocenters. The van der Waals surface area contributed by atoms with Gasteiger partial charge >= 0.3 is 5.97 Å². The molecule has 2 aromatic rings. The van der Waals surface area contributed by atoms with Gasteiger partial charge in [-0.2, -0.15) is 0 Å². The van der Waals surface area contributed by atoms with Crippen LogP contribution in [0.1, 0.15) is 38.8 Å². The fourth-order valence-corrected chi connectivity index (χ4v) is 2.13. The normalized spacial score (nSPS) is 10.3. The van der Waals surface area contributed by atoms with E-state index in [1.54, 1.807) is 36.4 Å². The summed E-state index contributed by atoms with van der Waals surface area (Å²) < 4.78 is 0. The second kappa shape index (κ2) is 6.87. The van der Waals surface area contributed by atoms with Crippen LogP contribution in [0.25, 0.3) is 0 Å². The molecule has 5 nitrogen and oxygen atoms in total. The quantitative estimate of drug-likeness (QED) is 0.791. The van der Waals surface area contributed by atoms with Crippen molar-refractivity contribution < 1.29 is 14.7 Å². The number of benzene rings is 2. The Balaban J connectivity index is 2.29. The number of aryl methyl sites for hydroxylation is 1. The first-order valence-electron chi connectivity index (χ1n) is 7.01. The average Bonchev–Trinajstić information content (AvgIpc) is 2.55. The van der Waals surface area contributed by atoms with E-state index in [9.17, 15) is 14.7 Å². The maximum atomic E-state index is 12.3. The highest BCUT2D eigenvalue weighted by Crippen LogP contribution is 2.19. The lowest BCUT2D eigenvalue weighted by atomic mass is 10.1. The summed E-state index contributed by atoms with van der Waals surface area (Å²) in [6.45, 7) is 2.28. The molecule has 0 spiro atoms. The van der Waals surface area contributed by atoms with Crippen molar-refractivity contribution in [2.75, 3.05) is 5.32 Å². The van der Waals surface area contributed by atoms with Gasteiger partial charge in [0.25, 0.3) is 5.91 Å². The van der Waals surface area contributed by atoms with Crippen LogP contribution in [-0.4, -0.2) is 17.0 Å². The molecule has 2 aromatic carbocycles. The highest BCUT2D eigenvalue weighted by Gasteiger charge is 2.14. The van der Waals surface area contributed by atoms with E-state index in [1.165, 1.54) is 0 Å². The average molecular weight is 298 g/mol. The maximum absolute atomic E-state index is 12.3. The van der Waals surface area contributed by atoms with Crippen LogP contribution >= 0.6 is 0 Å². The number of carbonyl (C=O) groups is 2. The summed E-state index contributed by atoms with van der Waals surface area (Å²) in [5, 5.41) is 11.9. The zero-order valence-electron chi connectivity index (χ0n) is 12.3. The Bertz CT molecular complexity index is 711. The fraction of sp³-hybridized carbons (Fsp3) is 0.176. The van der Waals surface area contributed by atoms with Gasteiger partial charge in [-0.05, 0) is 41.8 Å². The molecule has 0 unspecified atom stereocenters. The molecule has 22 heavy (non-hydrogen) atoms. The Hall–Kier alpha value is -2.66. The first kappa shape index (κ1) is 15.7. The molecule has 1 amide bonds. The van der Waals surface area contributed by atoms with E-state index in [1.807, 2.05) is 13.0 Å². The Kier molecular flexibility index (Phi) is 4.91. The smallest absolute Gasteiger partial charge is 0.337 e. The number of nitrogens with two attached hydrogens (primary N) is 1. The number of nitrogens with one attached hydrogen (secondary N) is 1. The Labute approximate surface area is 128 Å². The van der Waals surface area contributed by atoms with E-state index in [0.717, 1.165) is 17.5 Å². The van der Waals surface area contributed by atoms with Crippen molar-refractivity contribution >= 4 is 17.6 Å². The third-order valence-corrected chi connectivity index (χ3v) is 3.40. The zero-order valence-corrected chi connectivity index (χ0v) is 12.3. The van der Waals surface area contributed by atoms with Crippen molar-refractivity contribution in [3.8, 4) is 0 Å². The molecule has 0 fully saturated rings. The Morgan fingerprint density at radius 1 is 1.14 bits per heavy atom. The van der Waals surface area contributed by atoms with Crippen LogP contribution in [0, 0.1) is 0 Å². The number of anilines is 1. The standard InChI is InChI=1S/C17H18N2O3/c1-2-11-6-7-15(14(9-11)17(21)22)19-16(20)13-5-3-4-12(8-13)10-18/h3-9H,2,10,18H2,1H3,(H,19,20)(H,21,22). The molecule has 114 valence electrons. The molecule has 0 aliphatic rings. The van der Waals surface area contributed by atoms with Crippen molar-refractivity contribution in [2.45, 2.75) is 19.9 Å². The highest BCUT2D eigenvalue weighted by atomic mass is 16.4. The first-order chi connectivity index (χ1) is 10.5. The van der Waals surface area contributed by atoms with Crippen molar-refractivity contribution in [3.63, 3.8) is 0 Å². The van der Waals surface area contributed by atoms with E-state index in [-0.39, 0.29) is 17.2 Å². The number of hydrogen-bond donors (Lipinski definition) is 3. The third-order valence-electron chi connectivity index (χ3n) is 3.40. The summed E-state index contributed by atoms with van der Waals surface area (Å²) in [5.74, 6) is -1.43. The van der Waals surface area contributed by atoms with Gasteiger partial charge in [0.2, 0.25) is 0 Å². The number of carboxylic acids is 1. The number of carbonyl (C=O) groups excluding carboxylic acids is 1. The van der Waals surface area contributed by atoms with E-state index >= 15 is 0 Å². The highest BCUT2D eigenvalue weighted by molar-refractivity contribution is 6.07. The van der Waals surface area contributed by atoms with Crippen molar-refractivity contribution in [2.24, 2.45) is 5.73 Å². The van der Waals surface area contributed by atoms with Gasteiger partial charge in [0, 0.05) is 12.1 Å². The Morgan fingerprint density at radius 2 is 1.91 bits per heavy atom. The van der Waals surface area contributed by atoms with Crippen LogP contribution in [0.4, 0.5) is 5.69 Å². The summed E-state index contributed by atoms with van der Waals surface area (Å²) in [5.41, 5.74) is 8.12. The minimum absolute atomic E-state index is 0.0858. The third kappa shape index (κ3) is 3.51. The van der Waals surface area contributed by atoms with Crippen LogP contribution in [0.2, 0.25) is 0 Å². The first-order valence-corrected chi connectivity index (χ1v) is 7.01. The number of rotatable bonds is 5. The molecule has 5 heteroatoms. The van der Waals surface area contributed by atoms with Crippen LogP contribution in [-0.2, 0) is 13.0 Å². The molecular formula is C17H18N2O3. The second-order valence-corrected chi connectivity index (χ2v) is 4.90. The van der Waals surface area contributed by atoms with Gasteiger partial charge in [0.05, 0.1) is 11.3 Å². The lowest BCUT2D eigenvalue weighted by Crippen LogP contribution is -2.15. The van der Waals surface area contributed by atoms with Gasteiger partial charge in [-0.1, -0.05) is 25.1 Å². The molecule has 2 rings (SSSR count). The minimum atomic E-state index is -1.07. The van der Waals surface area contributed by atoms with Crippen molar-refractivity contribution in [1.29, 1.82) is 0 Å². The molecule has 0 radical (unpaired) electrons. The van der Waals surface area contributed by atoms with Gasteiger partial charge in [0.1, 0.15) is 0 Å². The molecule has 0 aliphatic carbocycles. The number of amides is 1. The van der Waals surface area contributed by atoms with Crippen LogP contribution in [0.3, 0.4) is 0 Å². The van der Waals surface area contributed by atoms with E-state index in [2.05, 4.69) is 5.32 Å². The molecule has 0 aliphatic heterocycles. The lowest BCUT2D eigenvalue weighted by molar-refractivity contribution is 0.0698. The summed E-state index contributed by atoms with van der Waals surface area (Å²) >= 11 is 0. The number of aromatic carboxylic acids is 1. The molecule has 0 aromatic heterocycles. The summed E-state index contributed by atoms with van der Waals surface area (Å²) in [6.07, 6.45) is 0.729. The fourth-order valence-electron chi connectivity index (χ4n) is 2.13. The predicted molar refractivity (Wildman–Crippen MR) is 85.1 cm³/mol. The largest absolute Gasteiger partial charge is 0.478 e. The second-order valence-electron chi connectivity index (χ2n) is 4.90. The van der Waals surface area contributed by atoms with Crippen LogP contribution in [0.15, 0.2) is 42.5 Å². The molecule has 0 saturated heterocycles. The van der Waals surface area contributed by atoms with Crippen molar-refractivity contribution in [1.82, 2.24) is 0 Å². The molecule has 0 bridgehead atoms. The van der Waals surface area contributed by atoms with Crippen molar-refractivity contribution in [3.05, 3.63) is 64.7 Å². The summed E-state index contributed by atoms with van der Waals surface area (Å²) in [6, 6.07) is 11.9. The van der Waals surface area contributed by atoms with E-state index in [4.69, 9.17) is 5.73 Å². The van der Waals surface area contributed by atoms with E-state index in [0.29, 0.717) is 12.1 Å². The SMILES string of the molecule is CCc1ccc(NC(=O)c2cccc(CN)c2)c(C(=O)O)c1. The Morgan fingerprint density at radius 3 is 2.55 bits per heavy atom. The topological polar surface area (TPSA) is 92.4 Å². The van der Waals surface area contributed by atoms with Gasteiger partial charge in [-0.25, -0.2) is 4.79 Å². The predicted octanol–water partition coefficient (Wildman–Crippen LogP) is 2.66. The van der Waals surface area contributed by atoms with Gasteiger partial charge in [0.15, 0.2) is 0 Å². The van der Waals surface area contributed by atoms with Gasteiger partial charge in [-0.3, -0.25) is 4.79 Å². The molecular weight excluding hydrogens is 280 g/mol. The monoisotopic (exact) mass is 298 g/mol. The molecule has 0 saturated carbocycles. The van der Waals surface area contributed by atoms with Crippen LogP contribution < -0.4 is 11.1 Å². The van der Waals surface area contributed by atoms with Crippen LogP contribution in [0.5, 0.6) is 0 Å². The maximum Gasteiger partial charge on any atom is 0.337 e. The summed E-state index contributed by atoms with van der Waals surface area (Å²) in [7, 11) is 0. The van der Waals surface area contributed by atoms with Gasteiger partial charge < -0.3 is 16.2 Å². The minimum Gasteiger partial charge on any atom is -0.478 e. The van der Waals surface area contributed by atoms with E-state index < -0.39 is 5.97 Å². The number of carboxylic acid groups (broad SMARTS) is 1.